The number of aliphatic hydroxyl groups is 1. The highest BCUT2D eigenvalue weighted by Crippen LogP contribution is 2.28. The van der Waals surface area contributed by atoms with Crippen molar-refractivity contribution in [1.82, 2.24) is 9.03 Å². The van der Waals surface area contributed by atoms with Gasteiger partial charge in [0.05, 0.1) is 12.6 Å². The van der Waals surface area contributed by atoms with Gasteiger partial charge in [-0.15, -0.1) is 0 Å². The van der Waals surface area contributed by atoms with Crippen LogP contribution in [0.4, 0.5) is 17.6 Å². The molecule has 0 saturated carbocycles. The van der Waals surface area contributed by atoms with Gasteiger partial charge in [-0.3, -0.25) is 0 Å². The quantitative estimate of drug-likeness (QED) is 0.790. The van der Waals surface area contributed by atoms with Crippen LogP contribution in [0.15, 0.2) is 18.2 Å². The number of rotatable bonds is 5. The normalized spacial score (nSPS) is 20.2. The molecule has 1 saturated heterocycles. The molecule has 0 aromatic heterocycles. The Bertz CT molecular complexity index is 654. The Hall–Kier alpha value is -1.23. The Morgan fingerprint density at radius 3 is 2.55 bits per heavy atom. The van der Waals surface area contributed by atoms with Crippen LogP contribution >= 0.6 is 0 Å². The first kappa shape index (κ1) is 17.1. The van der Waals surface area contributed by atoms with Gasteiger partial charge < -0.3 is 5.11 Å². The Kier molecular flexibility index (Phi) is 4.76. The van der Waals surface area contributed by atoms with Crippen LogP contribution in [-0.2, 0) is 10.2 Å². The van der Waals surface area contributed by atoms with Gasteiger partial charge in [0.25, 0.3) is 16.1 Å². The number of nitrogens with zero attached hydrogens (tertiary/aromatic N) is 1. The van der Waals surface area contributed by atoms with Crippen molar-refractivity contribution in [3.8, 4) is 0 Å². The van der Waals surface area contributed by atoms with Gasteiger partial charge >= 0.3 is 0 Å². The fourth-order valence-corrected chi connectivity index (χ4v) is 3.26. The number of benzene rings is 1. The van der Waals surface area contributed by atoms with Crippen LogP contribution in [0.2, 0.25) is 0 Å². The first-order chi connectivity index (χ1) is 10.1. The van der Waals surface area contributed by atoms with Crippen molar-refractivity contribution in [2.24, 2.45) is 0 Å². The third-order valence-corrected chi connectivity index (χ3v) is 4.79. The Morgan fingerprint density at radius 1 is 1.32 bits per heavy atom. The van der Waals surface area contributed by atoms with Crippen molar-refractivity contribution in [3.63, 3.8) is 0 Å². The summed E-state index contributed by atoms with van der Waals surface area (Å²) in [5.41, 5.74) is -0.0339. The molecule has 0 aliphatic carbocycles. The van der Waals surface area contributed by atoms with Crippen LogP contribution in [0.25, 0.3) is 0 Å². The number of nitrogens with one attached hydrogen (secondary N) is 1. The van der Waals surface area contributed by atoms with E-state index in [0.717, 1.165) is 18.2 Å². The number of halogens is 4. The molecule has 10 heteroatoms. The minimum Gasteiger partial charge on any atom is -0.387 e. The molecule has 2 N–H and O–H groups in total. The summed E-state index contributed by atoms with van der Waals surface area (Å²) in [5, 5.41) is 9.76. The predicted octanol–water partition coefficient (Wildman–Crippen LogP) is 1.17. The molecule has 124 valence electrons. The molecule has 1 aromatic carbocycles. The Balaban J connectivity index is 1.98. The van der Waals surface area contributed by atoms with Gasteiger partial charge in [-0.1, -0.05) is 6.07 Å². The highest BCUT2D eigenvalue weighted by atomic mass is 32.2. The van der Waals surface area contributed by atoms with E-state index < -0.39 is 53.4 Å². The highest BCUT2D eigenvalue weighted by Gasteiger charge is 2.43. The maximum absolute atomic E-state index is 13.0. The van der Waals surface area contributed by atoms with Crippen LogP contribution < -0.4 is 4.72 Å². The van der Waals surface area contributed by atoms with Gasteiger partial charge in [0.1, 0.15) is 0 Å². The summed E-state index contributed by atoms with van der Waals surface area (Å²) in [6, 6.07) is 2.63. The van der Waals surface area contributed by atoms with Crippen molar-refractivity contribution in [1.29, 1.82) is 0 Å². The molecule has 2 rings (SSSR count). The van der Waals surface area contributed by atoms with E-state index in [0.29, 0.717) is 4.31 Å². The van der Waals surface area contributed by atoms with Gasteiger partial charge in [0.2, 0.25) is 0 Å². The van der Waals surface area contributed by atoms with E-state index in [2.05, 4.69) is 0 Å². The van der Waals surface area contributed by atoms with Gasteiger partial charge in [0.15, 0.2) is 11.6 Å². The van der Waals surface area contributed by atoms with E-state index >= 15 is 0 Å². The van der Waals surface area contributed by atoms with E-state index in [9.17, 15) is 31.1 Å². The molecule has 0 amide bonds. The van der Waals surface area contributed by atoms with Crippen molar-refractivity contribution in [3.05, 3.63) is 35.4 Å². The zero-order chi connectivity index (χ0) is 16.5. The minimum absolute atomic E-state index is 0.0339. The molecule has 1 unspecified atom stereocenters. The van der Waals surface area contributed by atoms with Crippen molar-refractivity contribution < 1.29 is 31.1 Å². The first-order valence-corrected chi connectivity index (χ1v) is 7.80. The van der Waals surface area contributed by atoms with Crippen LogP contribution in [0.3, 0.4) is 0 Å². The third-order valence-electron chi connectivity index (χ3n) is 3.26. The fourth-order valence-electron chi connectivity index (χ4n) is 2.02. The molecule has 1 aliphatic heterocycles. The lowest BCUT2D eigenvalue weighted by molar-refractivity contribution is 0.0182. The standard InChI is InChI=1S/C12H14F4N2O3S/c13-9-2-1-8(5-10(9)14)11(19)6-17-22(20,21)18-4-3-12(15,16)7-18/h1-2,5,11,17,19H,3-4,6-7H2. The Morgan fingerprint density at radius 2 is 2.00 bits per heavy atom. The van der Waals surface area contributed by atoms with E-state index in [1.807, 2.05) is 4.72 Å². The summed E-state index contributed by atoms with van der Waals surface area (Å²) in [4.78, 5) is 0. The van der Waals surface area contributed by atoms with Gasteiger partial charge in [-0.05, 0) is 17.7 Å². The molecule has 1 aromatic rings. The highest BCUT2D eigenvalue weighted by molar-refractivity contribution is 7.87. The van der Waals surface area contributed by atoms with E-state index in [1.165, 1.54) is 0 Å². The zero-order valence-electron chi connectivity index (χ0n) is 11.3. The molecule has 1 atom stereocenters. The third kappa shape index (κ3) is 3.94. The number of hydrogen-bond acceptors (Lipinski definition) is 3. The lowest BCUT2D eigenvalue weighted by Crippen LogP contribution is -2.42. The number of aliphatic hydroxyl groups excluding tert-OH is 1. The molecule has 1 heterocycles. The molecule has 1 aliphatic rings. The van der Waals surface area contributed by atoms with Crippen LogP contribution in [0.1, 0.15) is 18.1 Å². The smallest absolute Gasteiger partial charge is 0.279 e. The average Bonchev–Trinajstić information content (AvgIpc) is 2.80. The van der Waals surface area contributed by atoms with Gasteiger partial charge in [-0.2, -0.15) is 17.4 Å². The number of alkyl halides is 2. The fraction of sp³-hybridized carbons (Fsp3) is 0.500. The first-order valence-electron chi connectivity index (χ1n) is 6.36. The molecule has 5 nitrogen and oxygen atoms in total. The van der Waals surface area contributed by atoms with Crippen molar-refractivity contribution >= 4 is 10.2 Å². The summed E-state index contributed by atoms with van der Waals surface area (Å²) in [5.74, 6) is -5.36. The monoisotopic (exact) mass is 342 g/mol. The largest absolute Gasteiger partial charge is 0.387 e. The number of hydrogen-bond donors (Lipinski definition) is 2. The van der Waals surface area contributed by atoms with E-state index in [-0.39, 0.29) is 12.1 Å². The second-order valence-electron chi connectivity index (χ2n) is 4.98. The SMILES string of the molecule is O=S(=O)(NCC(O)c1ccc(F)c(F)c1)N1CCC(F)(F)C1. The van der Waals surface area contributed by atoms with Crippen molar-refractivity contribution in [2.75, 3.05) is 19.6 Å². The van der Waals surface area contributed by atoms with Crippen LogP contribution in [-0.4, -0.2) is 43.4 Å². The molecule has 0 radical (unpaired) electrons. The molecular formula is C12H14F4N2O3S. The van der Waals surface area contributed by atoms with E-state index in [1.54, 1.807) is 0 Å². The lowest BCUT2D eigenvalue weighted by atomic mass is 10.1. The molecule has 22 heavy (non-hydrogen) atoms. The maximum Gasteiger partial charge on any atom is 0.279 e. The maximum atomic E-state index is 13.0. The molecule has 0 bridgehead atoms. The van der Waals surface area contributed by atoms with Gasteiger partial charge in [0, 0.05) is 19.5 Å². The topological polar surface area (TPSA) is 69.6 Å². The summed E-state index contributed by atoms with van der Waals surface area (Å²) in [6.07, 6.45) is -2.01. The molecule has 1 fully saturated rings. The summed E-state index contributed by atoms with van der Waals surface area (Å²) in [6.45, 7) is -1.80. The molecule has 0 spiro atoms. The van der Waals surface area contributed by atoms with Crippen LogP contribution in [0, 0.1) is 11.6 Å². The van der Waals surface area contributed by atoms with Crippen LogP contribution in [0.5, 0.6) is 0 Å². The second-order valence-corrected chi connectivity index (χ2v) is 6.74. The van der Waals surface area contributed by atoms with E-state index in [4.69, 9.17) is 0 Å². The summed E-state index contributed by atoms with van der Waals surface area (Å²) >= 11 is 0. The molecular weight excluding hydrogens is 328 g/mol. The Labute approximate surface area is 124 Å². The second kappa shape index (κ2) is 6.11. The van der Waals surface area contributed by atoms with Crippen molar-refractivity contribution in [2.45, 2.75) is 18.4 Å². The summed E-state index contributed by atoms with van der Waals surface area (Å²) < 4.78 is 78.0. The summed E-state index contributed by atoms with van der Waals surface area (Å²) in [7, 11) is -4.18. The predicted molar refractivity (Wildman–Crippen MR) is 69.4 cm³/mol. The zero-order valence-corrected chi connectivity index (χ0v) is 12.1. The lowest BCUT2D eigenvalue weighted by Gasteiger charge is -2.18. The average molecular weight is 342 g/mol. The van der Waals surface area contributed by atoms with Gasteiger partial charge in [-0.25, -0.2) is 17.6 Å². The minimum atomic E-state index is -4.18.